The summed E-state index contributed by atoms with van der Waals surface area (Å²) >= 11 is 6.67. The Labute approximate surface area is 121 Å². The number of aromatic amines is 1. The van der Waals surface area contributed by atoms with Crippen molar-refractivity contribution in [3.05, 3.63) is 26.6 Å². The number of rotatable bonds is 7. The second-order valence-corrected chi connectivity index (χ2v) is 5.67. The smallest absolute Gasteiger partial charge is 0.272 e. The van der Waals surface area contributed by atoms with Crippen molar-refractivity contribution in [2.45, 2.75) is 32.7 Å². The molecular weight excluding hydrogens is 280 g/mol. The molecule has 0 aliphatic rings. The van der Waals surface area contributed by atoms with Crippen molar-refractivity contribution in [1.29, 1.82) is 0 Å². The lowest BCUT2D eigenvalue weighted by molar-refractivity contribution is 0.125. The van der Waals surface area contributed by atoms with Crippen LogP contribution in [-0.4, -0.2) is 22.8 Å². The van der Waals surface area contributed by atoms with Crippen LogP contribution in [0.15, 0.2) is 16.2 Å². The molecule has 0 spiro atoms. The van der Waals surface area contributed by atoms with Crippen LogP contribution < -0.4 is 5.56 Å². The Morgan fingerprint density at radius 1 is 1.42 bits per heavy atom. The van der Waals surface area contributed by atoms with E-state index in [-0.39, 0.29) is 5.56 Å². The normalized spacial score (nSPS) is 11.2. The average molecular weight is 298 g/mol. The highest BCUT2D eigenvalue weighted by Gasteiger charge is 2.06. The second-order valence-electron chi connectivity index (χ2n) is 4.37. The monoisotopic (exact) mass is 298 g/mol. The summed E-state index contributed by atoms with van der Waals surface area (Å²) in [6.45, 7) is 4.21. The van der Waals surface area contributed by atoms with Crippen molar-refractivity contribution in [2.24, 2.45) is 0 Å². The largest absolute Gasteiger partial charge is 0.381 e. The van der Waals surface area contributed by atoms with E-state index in [1.807, 2.05) is 11.4 Å². The number of H-pyrrole nitrogens is 1. The van der Waals surface area contributed by atoms with Gasteiger partial charge in [0.15, 0.2) is 4.77 Å². The zero-order valence-electron chi connectivity index (χ0n) is 11.0. The topological polar surface area (TPSA) is 47.0 Å². The third kappa shape index (κ3) is 3.52. The van der Waals surface area contributed by atoms with Gasteiger partial charge in [0.1, 0.15) is 4.70 Å². The molecule has 4 nitrogen and oxygen atoms in total. The molecule has 0 aromatic carbocycles. The maximum Gasteiger partial charge on any atom is 0.272 e. The summed E-state index contributed by atoms with van der Waals surface area (Å²) in [7, 11) is 0. The molecule has 0 radical (unpaired) electrons. The lowest BCUT2D eigenvalue weighted by Crippen LogP contribution is -2.22. The first-order valence-electron chi connectivity index (χ1n) is 6.52. The first-order chi connectivity index (χ1) is 9.24. The van der Waals surface area contributed by atoms with Crippen molar-refractivity contribution in [1.82, 2.24) is 9.55 Å². The SMILES string of the molecule is CCCCOCCCn1c(=S)[nH]c2ccsc2c1=O. The van der Waals surface area contributed by atoms with Gasteiger partial charge in [0.2, 0.25) is 0 Å². The van der Waals surface area contributed by atoms with Crippen LogP contribution in [0.5, 0.6) is 0 Å². The number of hydrogen-bond acceptors (Lipinski definition) is 4. The van der Waals surface area contributed by atoms with Gasteiger partial charge in [0, 0.05) is 19.8 Å². The number of hydrogen-bond donors (Lipinski definition) is 1. The van der Waals surface area contributed by atoms with Crippen molar-refractivity contribution < 1.29 is 4.74 Å². The van der Waals surface area contributed by atoms with Gasteiger partial charge in [-0.2, -0.15) is 0 Å². The van der Waals surface area contributed by atoms with Crippen molar-refractivity contribution in [3.8, 4) is 0 Å². The Hall–Kier alpha value is -0.980. The maximum atomic E-state index is 12.2. The molecule has 2 aromatic rings. The molecule has 0 fully saturated rings. The highest BCUT2D eigenvalue weighted by atomic mass is 32.1. The number of nitrogens with one attached hydrogen (secondary N) is 1. The molecule has 0 aliphatic heterocycles. The Balaban J connectivity index is 2.00. The molecular formula is C13H18N2O2S2. The highest BCUT2D eigenvalue weighted by molar-refractivity contribution is 7.71. The number of nitrogens with zero attached hydrogens (tertiary/aromatic N) is 1. The van der Waals surface area contributed by atoms with Crippen LogP contribution in [0.3, 0.4) is 0 Å². The minimum atomic E-state index is 0.00214. The number of thiophene rings is 1. The molecule has 0 aliphatic carbocycles. The van der Waals surface area contributed by atoms with Gasteiger partial charge in [-0.1, -0.05) is 13.3 Å². The predicted octanol–water partition coefficient (Wildman–Crippen LogP) is 3.33. The van der Waals surface area contributed by atoms with E-state index in [2.05, 4.69) is 11.9 Å². The summed E-state index contributed by atoms with van der Waals surface area (Å²) in [5, 5.41) is 1.90. The molecule has 1 N–H and O–H groups in total. The van der Waals surface area contributed by atoms with E-state index < -0.39 is 0 Å². The van der Waals surface area contributed by atoms with Gasteiger partial charge in [0.05, 0.1) is 5.52 Å². The molecule has 2 aromatic heterocycles. The predicted molar refractivity (Wildman–Crippen MR) is 81.6 cm³/mol. The molecule has 0 unspecified atom stereocenters. The van der Waals surface area contributed by atoms with Crippen LogP contribution in [0, 0.1) is 4.77 Å². The third-order valence-corrected chi connectivity index (χ3v) is 4.13. The Bertz CT molecular complexity index is 642. The maximum absolute atomic E-state index is 12.2. The fourth-order valence-corrected chi connectivity index (χ4v) is 2.93. The van der Waals surface area contributed by atoms with Gasteiger partial charge in [-0.25, -0.2) is 0 Å². The van der Waals surface area contributed by atoms with E-state index in [9.17, 15) is 4.79 Å². The average Bonchev–Trinajstić information content (AvgIpc) is 2.85. The minimum Gasteiger partial charge on any atom is -0.381 e. The van der Waals surface area contributed by atoms with Crippen molar-refractivity contribution in [2.75, 3.05) is 13.2 Å². The highest BCUT2D eigenvalue weighted by Crippen LogP contribution is 2.13. The molecule has 0 saturated carbocycles. The summed E-state index contributed by atoms with van der Waals surface area (Å²) < 4.78 is 8.34. The van der Waals surface area contributed by atoms with Crippen LogP contribution >= 0.6 is 23.6 Å². The van der Waals surface area contributed by atoms with E-state index in [0.29, 0.717) is 17.9 Å². The van der Waals surface area contributed by atoms with Crippen LogP contribution in [-0.2, 0) is 11.3 Å². The molecule has 2 rings (SSSR count). The first-order valence-corrected chi connectivity index (χ1v) is 7.81. The quantitative estimate of drug-likeness (QED) is 0.630. The van der Waals surface area contributed by atoms with Gasteiger partial charge in [-0.3, -0.25) is 9.36 Å². The number of fused-ring (bicyclic) bond motifs is 1. The van der Waals surface area contributed by atoms with Gasteiger partial charge in [-0.15, -0.1) is 11.3 Å². The van der Waals surface area contributed by atoms with E-state index in [0.717, 1.165) is 36.1 Å². The lowest BCUT2D eigenvalue weighted by atomic mass is 10.3. The summed E-state index contributed by atoms with van der Waals surface area (Å²) in [4.78, 5) is 15.3. The summed E-state index contributed by atoms with van der Waals surface area (Å²) in [6.07, 6.45) is 3.03. The van der Waals surface area contributed by atoms with E-state index in [1.54, 1.807) is 4.57 Å². The molecule has 2 heterocycles. The number of ether oxygens (including phenoxy) is 1. The Morgan fingerprint density at radius 2 is 2.21 bits per heavy atom. The molecule has 0 bridgehead atoms. The summed E-state index contributed by atoms with van der Waals surface area (Å²) in [5.41, 5.74) is 0.831. The van der Waals surface area contributed by atoms with E-state index >= 15 is 0 Å². The fraction of sp³-hybridized carbons (Fsp3) is 0.538. The van der Waals surface area contributed by atoms with Crippen LogP contribution in [0.1, 0.15) is 26.2 Å². The third-order valence-electron chi connectivity index (χ3n) is 2.90. The molecule has 0 atom stereocenters. The first kappa shape index (κ1) is 14.4. The molecule has 104 valence electrons. The van der Waals surface area contributed by atoms with Gasteiger partial charge in [0.25, 0.3) is 5.56 Å². The van der Waals surface area contributed by atoms with Gasteiger partial charge >= 0.3 is 0 Å². The minimum absolute atomic E-state index is 0.00214. The van der Waals surface area contributed by atoms with E-state index in [4.69, 9.17) is 17.0 Å². The summed E-state index contributed by atoms with van der Waals surface area (Å²) in [5.74, 6) is 0. The molecule has 0 saturated heterocycles. The fourth-order valence-electron chi connectivity index (χ4n) is 1.85. The molecule has 19 heavy (non-hydrogen) atoms. The van der Waals surface area contributed by atoms with Gasteiger partial charge < -0.3 is 9.72 Å². The zero-order chi connectivity index (χ0) is 13.7. The van der Waals surface area contributed by atoms with Crippen LogP contribution in [0.25, 0.3) is 10.2 Å². The Kier molecular flexibility index (Phi) is 5.30. The summed E-state index contributed by atoms with van der Waals surface area (Å²) in [6, 6.07) is 1.88. The molecule has 6 heteroatoms. The Morgan fingerprint density at radius 3 is 3.00 bits per heavy atom. The second kappa shape index (κ2) is 6.98. The zero-order valence-corrected chi connectivity index (χ0v) is 12.6. The number of aromatic nitrogens is 2. The van der Waals surface area contributed by atoms with Gasteiger partial charge in [-0.05, 0) is 36.5 Å². The van der Waals surface area contributed by atoms with Crippen LogP contribution in [0.2, 0.25) is 0 Å². The van der Waals surface area contributed by atoms with Crippen molar-refractivity contribution in [3.63, 3.8) is 0 Å². The number of unbranched alkanes of at least 4 members (excludes halogenated alkanes) is 1. The van der Waals surface area contributed by atoms with Crippen molar-refractivity contribution >= 4 is 33.8 Å². The molecule has 0 amide bonds. The lowest BCUT2D eigenvalue weighted by Gasteiger charge is -2.07. The van der Waals surface area contributed by atoms with Crippen LogP contribution in [0.4, 0.5) is 0 Å². The standard InChI is InChI=1S/C13H18N2O2S2/c1-2-3-7-17-8-4-6-15-12(16)11-10(5-9-19-11)14-13(15)18/h5,9H,2-4,6-8H2,1H3,(H,14,18). The van der Waals surface area contributed by atoms with E-state index in [1.165, 1.54) is 11.3 Å².